The van der Waals surface area contributed by atoms with Gasteiger partial charge in [-0.3, -0.25) is 9.59 Å². The third-order valence-corrected chi connectivity index (χ3v) is 9.22. The van der Waals surface area contributed by atoms with Crippen molar-refractivity contribution in [3.05, 3.63) is 130 Å². The van der Waals surface area contributed by atoms with Crippen molar-refractivity contribution in [1.29, 1.82) is 0 Å². The third kappa shape index (κ3) is 7.39. The second-order valence-corrected chi connectivity index (χ2v) is 12.5. The van der Waals surface area contributed by atoms with E-state index in [0.29, 0.717) is 22.6 Å². The van der Waals surface area contributed by atoms with Crippen LogP contribution < -0.4 is 9.47 Å². The van der Waals surface area contributed by atoms with E-state index in [1.54, 1.807) is 88.4 Å². The maximum Gasteiger partial charge on any atom is 0.341 e. The van der Waals surface area contributed by atoms with Gasteiger partial charge in [0.05, 0.1) is 51.7 Å². The number of carbonyl (C=O) groups is 6. The molecular formula is C44H40N2O12. The van der Waals surface area contributed by atoms with Crippen molar-refractivity contribution in [1.82, 2.24) is 8.80 Å². The zero-order valence-electron chi connectivity index (χ0n) is 32.7. The van der Waals surface area contributed by atoms with Crippen molar-refractivity contribution in [3.63, 3.8) is 0 Å². The highest BCUT2D eigenvalue weighted by molar-refractivity contribution is 6.21. The highest BCUT2D eigenvalue weighted by Crippen LogP contribution is 2.35. The SMILES string of the molecule is CCOC(=O)c1c(C(=O)OCC)c2cc(-c3ccn4c(C(=O)c5cccc(OC)c5)c(C(=O)OCC)c(C(=O)OCC)c4c3)ccn2c1C(=O)c1cccc(OC)c1. The Kier molecular flexibility index (Phi) is 12.1. The molecule has 0 atom stereocenters. The Morgan fingerprint density at radius 3 is 1.14 bits per heavy atom. The zero-order chi connectivity index (χ0) is 41.7. The molecule has 298 valence electrons. The van der Waals surface area contributed by atoms with Crippen molar-refractivity contribution < 1.29 is 57.2 Å². The third-order valence-electron chi connectivity index (χ3n) is 9.22. The number of pyridine rings is 2. The fourth-order valence-electron chi connectivity index (χ4n) is 6.74. The molecular weight excluding hydrogens is 748 g/mol. The summed E-state index contributed by atoms with van der Waals surface area (Å²) in [6.45, 7) is 6.29. The molecule has 6 aromatic rings. The van der Waals surface area contributed by atoms with Crippen LogP contribution in [0.15, 0.2) is 85.2 Å². The Hall–Kier alpha value is -7.22. The van der Waals surface area contributed by atoms with Gasteiger partial charge >= 0.3 is 23.9 Å². The van der Waals surface area contributed by atoms with Crippen molar-refractivity contribution >= 4 is 46.5 Å². The molecule has 0 spiro atoms. The number of nitrogens with zero attached hydrogens (tertiary/aromatic N) is 2. The van der Waals surface area contributed by atoms with Crippen LogP contribution in [0.1, 0.15) is 101 Å². The Balaban J connectivity index is 1.64. The lowest BCUT2D eigenvalue weighted by Gasteiger charge is -2.09. The lowest BCUT2D eigenvalue weighted by molar-refractivity contribution is 0.0480. The van der Waals surface area contributed by atoms with Gasteiger partial charge in [0, 0.05) is 23.5 Å². The number of ether oxygens (including phenoxy) is 6. The molecule has 0 unspecified atom stereocenters. The van der Waals surface area contributed by atoms with Crippen molar-refractivity contribution in [2.75, 3.05) is 40.6 Å². The Morgan fingerprint density at radius 2 is 0.810 bits per heavy atom. The number of esters is 4. The average Bonchev–Trinajstić information content (AvgIpc) is 3.77. The molecule has 0 aliphatic heterocycles. The lowest BCUT2D eigenvalue weighted by Crippen LogP contribution is -2.16. The summed E-state index contributed by atoms with van der Waals surface area (Å²) in [7, 11) is 2.91. The van der Waals surface area contributed by atoms with E-state index in [1.807, 2.05) is 0 Å². The van der Waals surface area contributed by atoms with Crippen LogP contribution in [0.5, 0.6) is 11.5 Å². The zero-order valence-corrected chi connectivity index (χ0v) is 32.7. The van der Waals surface area contributed by atoms with Gasteiger partial charge in [-0.2, -0.15) is 0 Å². The molecule has 0 amide bonds. The Morgan fingerprint density at radius 1 is 0.466 bits per heavy atom. The van der Waals surface area contributed by atoms with E-state index in [0.717, 1.165) is 0 Å². The molecule has 0 bridgehead atoms. The van der Waals surface area contributed by atoms with E-state index < -0.39 is 35.4 Å². The predicted octanol–water partition coefficient (Wildman–Crippen LogP) is 7.05. The summed E-state index contributed by atoms with van der Waals surface area (Å²) in [6.07, 6.45) is 3.06. The van der Waals surface area contributed by atoms with Gasteiger partial charge in [0.15, 0.2) is 0 Å². The molecule has 0 aliphatic carbocycles. The first-order valence-corrected chi connectivity index (χ1v) is 18.5. The van der Waals surface area contributed by atoms with E-state index >= 15 is 0 Å². The van der Waals surface area contributed by atoms with Crippen LogP contribution in [0.25, 0.3) is 22.2 Å². The van der Waals surface area contributed by atoms with E-state index in [1.165, 1.54) is 47.5 Å². The molecule has 14 heteroatoms. The predicted molar refractivity (Wildman–Crippen MR) is 210 cm³/mol. The van der Waals surface area contributed by atoms with Gasteiger partial charge in [0.1, 0.15) is 45.1 Å². The normalized spacial score (nSPS) is 10.9. The first-order valence-electron chi connectivity index (χ1n) is 18.5. The van der Waals surface area contributed by atoms with Crippen LogP contribution in [0.2, 0.25) is 0 Å². The number of methoxy groups -OCH3 is 2. The second-order valence-electron chi connectivity index (χ2n) is 12.5. The van der Waals surface area contributed by atoms with Crippen LogP contribution in [0.3, 0.4) is 0 Å². The largest absolute Gasteiger partial charge is 0.497 e. The summed E-state index contributed by atoms with van der Waals surface area (Å²) in [5.41, 5.74) is 0.362. The number of fused-ring (bicyclic) bond motifs is 2. The number of hydrogen-bond donors (Lipinski definition) is 0. The summed E-state index contributed by atoms with van der Waals surface area (Å²) < 4.78 is 35.1. The molecule has 58 heavy (non-hydrogen) atoms. The highest BCUT2D eigenvalue weighted by Gasteiger charge is 2.36. The lowest BCUT2D eigenvalue weighted by atomic mass is 10.0. The van der Waals surface area contributed by atoms with Crippen LogP contribution in [-0.2, 0) is 18.9 Å². The minimum Gasteiger partial charge on any atom is -0.497 e. The molecule has 14 nitrogen and oxygen atoms in total. The molecule has 0 saturated heterocycles. The quantitative estimate of drug-likeness (QED) is 0.0592. The van der Waals surface area contributed by atoms with Crippen molar-refractivity contribution in [3.8, 4) is 22.6 Å². The molecule has 4 heterocycles. The number of ketones is 2. The summed E-state index contributed by atoms with van der Waals surface area (Å²) in [4.78, 5) is 83.4. The number of aromatic nitrogens is 2. The standard InChI is InChI=1S/C44H40N2O12/c1-7-55-41(49)33-31-23-25(17-19-45(31)37(35(33)43(51)57-9-3)39(47)27-13-11-15-29(21-27)53-5)26-18-20-46-32(24-26)34(42(50)56-8-2)36(44(52)58-10-4)38(46)40(48)28-14-12-16-30(22-28)54-6/h11-24H,7-10H2,1-6H3. The van der Waals surface area contributed by atoms with Crippen LogP contribution in [0.4, 0.5) is 0 Å². The van der Waals surface area contributed by atoms with Crippen LogP contribution in [0, 0.1) is 0 Å². The molecule has 4 aromatic heterocycles. The van der Waals surface area contributed by atoms with E-state index in [9.17, 15) is 28.8 Å². The van der Waals surface area contributed by atoms with E-state index in [2.05, 4.69) is 0 Å². The Bertz CT molecular complexity index is 2440. The second kappa shape index (κ2) is 17.3. The van der Waals surface area contributed by atoms with Gasteiger partial charge < -0.3 is 37.2 Å². The fourth-order valence-corrected chi connectivity index (χ4v) is 6.74. The number of rotatable bonds is 15. The summed E-state index contributed by atoms with van der Waals surface area (Å²) >= 11 is 0. The Labute approximate surface area is 332 Å². The molecule has 0 aliphatic rings. The van der Waals surface area contributed by atoms with Gasteiger partial charge in [-0.15, -0.1) is 0 Å². The molecule has 6 rings (SSSR count). The molecule has 0 saturated carbocycles. The van der Waals surface area contributed by atoms with Gasteiger partial charge in [-0.05, 0) is 87.4 Å². The summed E-state index contributed by atoms with van der Waals surface area (Å²) in [5.74, 6) is -3.92. The first kappa shape index (κ1) is 40.4. The summed E-state index contributed by atoms with van der Waals surface area (Å²) in [6, 6.07) is 19.2. The maximum absolute atomic E-state index is 14.3. The number of benzene rings is 2. The molecule has 0 N–H and O–H groups in total. The van der Waals surface area contributed by atoms with Gasteiger partial charge in [0.2, 0.25) is 11.6 Å². The molecule has 2 aromatic carbocycles. The van der Waals surface area contributed by atoms with Crippen molar-refractivity contribution in [2.24, 2.45) is 0 Å². The van der Waals surface area contributed by atoms with Gasteiger partial charge in [-0.25, -0.2) is 19.2 Å². The van der Waals surface area contributed by atoms with Crippen LogP contribution in [-0.4, -0.2) is 84.9 Å². The van der Waals surface area contributed by atoms with Crippen molar-refractivity contribution in [2.45, 2.75) is 27.7 Å². The smallest absolute Gasteiger partial charge is 0.341 e. The van der Waals surface area contributed by atoms with E-state index in [4.69, 9.17) is 28.4 Å². The molecule has 0 fully saturated rings. The first-order chi connectivity index (χ1) is 28.0. The highest BCUT2D eigenvalue weighted by atomic mass is 16.5. The van der Waals surface area contributed by atoms with Gasteiger partial charge in [0.25, 0.3) is 0 Å². The number of hydrogen-bond acceptors (Lipinski definition) is 12. The average molecular weight is 789 g/mol. The summed E-state index contributed by atoms with van der Waals surface area (Å²) in [5, 5.41) is 0. The minimum atomic E-state index is -0.907. The fraction of sp³-hybridized carbons (Fsp3) is 0.227. The topological polar surface area (TPSA) is 167 Å². The van der Waals surface area contributed by atoms with Crippen LogP contribution >= 0.6 is 0 Å². The molecule has 0 radical (unpaired) electrons. The number of carbonyl (C=O) groups excluding carboxylic acids is 6. The van der Waals surface area contributed by atoms with Gasteiger partial charge in [-0.1, -0.05) is 24.3 Å². The maximum atomic E-state index is 14.3. The monoisotopic (exact) mass is 788 g/mol. The minimum absolute atomic E-state index is 0.0293. The van der Waals surface area contributed by atoms with E-state index in [-0.39, 0.29) is 82.2 Å².